The van der Waals surface area contributed by atoms with Crippen LogP contribution in [0.25, 0.3) is 0 Å². The van der Waals surface area contributed by atoms with Crippen molar-refractivity contribution in [3.8, 4) is 0 Å². The third-order valence-corrected chi connectivity index (χ3v) is 3.01. The van der Waals surface area contributed by atoms with Crippen LogP contribution in [0.4, 0.5) is 17.2 Å². The number of nitrogen functional groups attached to an aromatic ring is 1. The Morgan fingerprint density at radius 2 is 1.89 bits per heavy atom. The lowest BCUT2D eigenvalue weighted by Gasteiger charge is -2.20. The molecule has 0 atom stereocenters. The molecule has 0 aliphatic carbocycles. The number of rotatable bonds is 4. The van der Waals surface area contributed by atoms with Crippen molar-refractivity contribution in [1.82, 2.24) is 4.98 Å². The number of aryl methyl sites for hydroxylation is 1. The number of aromatic nitrogens is 1. The van der Waals surface area contributed by atoms with Crippen LogP contribution >= 0.6 is 0 Å². The molecule has 1 aromatic carbocycles. The smallest absolute Gasteiger partial charge is 0.141 e. The largest absolute Gasteiger partial charge is 0.344 e. The van der Waals surface area contributed by atoms with Gasteiger partial charge in [0.2, 0.25) is 0 Å². The number of nitrogens with zero attached hydrogens (tertiary/aromatic N) is 2. The molecule has 18 heavy (non-hydrogen) atoms. The maximum absolute atomic E-state index is 5.36. The lowest BCUT2D eigenvalue weighted by molar-refractivity contribution is 1.13. The van der Waals surface area contributed by atoms with Gasteiger partial charge in [-0.25, -0.2) is 10.8 Å². The Morgan fingerprint density at radius 3 is 2.50 bits per heavy atom. The quantitative estimate of drug-likeness (QED) is 0.639. The van der Waals surface area contributed by atoms with Gasteiger partial charge in [0.25, 0.3) is 0 Å². The zero-order valence-corrected chi connectivity index (χ0v) is 10.7. The van der Waals surface area contributed by atoms with Gasteiger partial charge in [0.05, 0.1) is 0 Å². The average molecular weight is 242 g/mol. The number of nitrogens with two attached hydrogens (primary N) is 1. The minimum Gasteiger partial charge on any atom is -0.344 e. The van der Waals surface area contributed by atoms with E-state index in [4.69, 9.17) is 5.84 Å². The van der Waals surface area contributed by atoms with Gasteiger partial charge >= 0.3 is 0 Å². The topological polar surface area (TPSA) is 54.2 Å². The summed E-state index contributed by atoms with van der Waals surface area (Å²) >= 11 is 0. The molecule has 0 spiro atoms. The molecule has 3 N–H and O–H groups in total. The van der Waals surface area contributed by atoms with Gasteiger partial charge in [0.1, 0.15) is 5.82 Å². The van der Waals surface area contributed by atoms with E-state index in [0.717, 1.165) is 17.8 Å². The van der Waals surface area contributed by atoms with Crippen LogP contribution in [0, 0.1) is 0 Å². The minimum absolute atomic E-state index is 0.657. The molecule has 0 fully saturated rings. The van der Waals surface area contributed by atoms with Gasteiger partial charge in [0.15, 0.2) is 0 Å². The molecule has 1 heterocycles. The fraction of sp³-hybridized carbons (Fsp3) is 0.214. The lowest BCUT2D eigenvalue weighted by Crippen LogP contribution is -2.12. The Labute approximate surface area is 107 Å². The van der Waals surface area contributed by atoms with Crippen LogP contribution in [0.5, 0.6) is 0 Å². The van der Waals surface area contributed by atoms with E-state index in [2.05, 4.69) is 46.5 Å². The molecule has 0 saturated carbocycles. The second-order valence-electron chi connectivity index (χ2n) is 4.12. The van der Waals surface area contributed by atoms with E-state index in [1.54, 1.807) is 6.20 Å². The predicted molar refractivity (Wildman–Crippen MR) is 75.9 cm³/mol. The van der Waals surface area contributed by atoms with Crippen LogP contribution in [0.2, 0.25) is 0 Å². The van der Waals surface area contributed by atoms with Crippen LogP contribution < -0.4 is 16.2 Å². The molecular formula is C14H18N4. The van der Waals surface area contributed by atoms with Crippen LogP contribution in [-0.4, -0.2) is 12.0 Å². The third-order valence-electron chi connectivity index (χ3n) is 3.01. The summed E-state index contributed by atoms with van der Waals surface area (Å²) in [7, 11) is 2.02. The van der Waals surface area contributed by atoms with E-state index in [1.807, 2.05) is 19.2 Å². The molecule has 0 radical (unpaired) electrons. The number of pyridine rings is 1. The van der Waals surface area contributed by atoms with Crippen LogP contribution in [-0.2, 0) is 6.42 Å². The fourth-order valence-corrected chi connectivity index (χ4v) is 1.81. The molecule has 4 nitrogen and oxygen atoms in total. The number of benzene rings is 1. The zero-order chi connectivity index (χ0) is 13.0. The normalized spacial score (nSPS) is 10.2. The van der Waals surface area contributed by atoms with Crippen molar-refractivity contribution in [2.24, 2.45) is 5.84 Å². The van der Waals surface area contributed by atoms with Crippen molar-refractivity contribution in [2.45, 2.75) is 13.3 Å². The van der Waals surface area contributed by atoms with E-state index in [9.17, 15) is 0 Å². The van der Waals surface area contributed by atoms with Gasteiger partial charge in [-0.15, -0.1) is 0 Å². The Bertz CT molecular complexity index is 507. The highest BCUT2D eigenvalue weighted by molar-refractivity contribution is 5.64. The van der Waals surface area contributed by atoms with E-state index in [0.29, 0.717) is 5.82 Å². The summed E-state index contributed by atoms with van der Waals surface area (Å²) in [5.41, 5.74) is 6.08. The van der Waals surface area contributed by atoms with Crippen LogP contribution in [0.1, 0.15) is 12.5 Å². The van der Waals surface area contributed by atoms with Gasteiger partial charge in [-0.1, -0.05) is 19.1 Å². The molecule has 0 aliphatic rings. The Kier molecular flexibility index (Phi) is 3.79. The van der Waals surface area contributed by atoms with Gasteiger partial charge in [-0.3, -0.25) is 0 Å². The number of hydrazine groups is 1. The van der Waals surface area contributed by atoms with Crippen molar-refractivity contribution < 1.29 is 0 Å². The first kappa shape index (κ1) is 12.4. The molecule has 94 valence electrons. The van der Waals surface area contributed by atoms with Crippen LogP contribution in [0.3, 0.4) is 0 Å². The first-order valence-corrected chi connectivity index (χ1v) is 6.00. The number of hydrogen-bond donors (Lipinski definition) is 2. The Balaban J connectivity index is 2.25. The molecule has 2 rings (SSSR count). The van der Waals surface area contributed by atoms with Crippen LogP contribution in [0.15, 0.2) is 42.6 Å². The minimum atomic E-state index is 0.657. The first-order valence-electron chi connectivity index (χ1n) is 6.00. The van der Waals surface area contributed by atoms with E-state index in [-0.39, 0.29) is 0 Å². The van der Waals surface area contributed by atoms with E-state index >= 15 is 0 Å². The summed E-state index contributed by atoms with van der Waals surface area (Å²) in [6, 6.07) is 12.4. The molecule has 0 saturated heterocycles. The fourth-order valence-electron chi connectivity index (χ4n) is 1.81. The molecule has 1 aromatic heterocycles. The summed E-state index contributed by atoms with van der Waals surface area (Å²) in [6.45, 7) is 2.15. The van der Waals surface area contributed by atoms with Gasteiger partial charge in [-0.05, 0) is 30.2 Å². The summed E-state index contributed by atoms with van der Waals surface area (Å²) in [6.07, 6.45) is 2.79. The summed E-state index contributed by atoms with van der Waals surface area (Å²) in [5.74, 6) is 6.02. The van der Waals surface area contributed by atoms with Crippen molar-refractivity contribution in [2.75, 3.05) is 17.4 Å². The highest BCUT2D eigenvalue weighted by atomic mass is 15.2. The maximum Gasteiger partial charge on any atom is 0.141 e. The van der Waals surface area contributed by atoms with E-state index in [1.165, 1.54) is 5.56 Å². The zero-order valence-electron chi connectivity index (χ0n) is 10.7. The molecule has 0 unspecified atom stereocenters. The van der Waals surface area contributed by atoms with Crippen molar-refractivity contribution >= 4 is 17.2 Å². The Morgan fingerprint density at radius 1 is 1.17 bits per heavy atom. The summed E-state index contributed by atoms with van der Waals surface area (Å²) < 4.78 is 0. The molecule has 0 bridgehead atoms. The van der Waals surface area contributed by atoms with E-state index < -0.39 is 0 Å². The van der Waals surface area contributed by atoms with Gasteiger partial charge < -0.3 is 10.3 Å². The van der Waals surface area contributed by atoms with Crippen molar-refractivity contribution in [1.29, 1.82) is 0 Å². The van der Waals surface area contributed by atoms with Gasteiger partial charge in [0, 0.05) is 30.7 Å². The van der Waals surface area contributed by atoms with Gasteiger partial charge in [-0.2, -0.15) is 0 Å². The average Bonchev–Trinajstić information content (AvgIpc) is 2.46. The maximum atomic E-state index is 5.36. The monoisotopic (exact) mass is 242 g/mol. The molecule has 0 amide bonds. The molecule has 4 heteroatoms. The standard InChI is InChI=1S/C14H18N4/c1-3-11-4-6-12(7-5-11)18(2)13-8-9-16-14(10-13)17-15/h4-10H,3,15H2,1-2H3,(H,16,17). The highest BCUT2D eigenvalue weighted by Crippen LogP contribution is 2.24. The molecule has 2 aromatic rings. The number of hydrogen-bond acceptors (Lipinski definition) is 4. The molecule has 0 aliphatic heterocycles. The van der Waals surface area contributed by atoms with Crippen molar-refractivity contribution in [3.63, 3.8) is 0 Å². The second kappa shape index (κ2) is 5.51. The first-order chi connectivity index (χ1) is 8.74. The number of nitrogens with one attached hydrogen (secondary N) is 1. The predicted octanol–water partition coefficient (Wildman–Crippen LogP) is 2.70. The highest BCUT2D eigenvalue weighted by Gasteiger charge is 2.04. The second-order valence-corrected chi connectivity index (χ2v) is 4.12. The SMILES string of the molecule is CCc1ccc(N(C)c2ccnc(NN)c2)cc1. The summed E-state index contributed by atoms with van der Waals surface area (Å²) in [5, 5.41) is 0. The number of anilines is 3. The van der Waals surface area contributed by atoms with Crippen molar-refractivity contribution in [3.05, 3.63) is 48.2 Å². The Hall–Kier alpha value is -2.07. The lowest BCUT2D eigenvalue weighted by atomic mass is 10.1. The molecular weight excluding hydrogens is 224 g/mol. The summed E-state index contributed by atoms with van der Waals surface area (Å²) in [4.78, 5) is 6.20. The third kappa shape index (κ3) is 2.60.